The van der Waals surface area contributed by atoms with E-state index < -0.39 is 11.5 Å². The molecule has 0 atom stereocenters. The van der Waals surface area contributed by atoms with Crippen molar-refractivity contribution >= 4 is 28.3 Å². The third kappa shape index (κ3) is 2.77. The van der Waals surface area contributed by atoms with Gasteiger partial charge in [-0.05, 0) is 13.8 Å². The smallest absolute Gasteiger partial charge is 0.303 e. The Bertz CT molecular complexity index is 527. The summed E-state index contributed by atoms with van der Waals surface area (Å²) in [4.78, 5) is 31.0. The van der Waals surface area contributed by atoms with Crippen LogP contribution in [0.15, 0.2) is 5.38 Å². The van der Waals surface area contributed by atoms with E-state index in [1.807, 2.05) is 31.2 Å². The summed E-state index contributed by atoms with van der Waals surface area (Å²) in [7, 11) is 1.81. The average molecular weight is 297 g/mol. The lowest BCUT2D eigenvalue weighted by molar-refractivity contribution is -0.137. The number of hydrogen-bond acceptors (Lipinski definition) is 5. The molecule has 1 aromatic heterocycles. The minimum atomic E-state index is -0.824. The van der Waals surface area contributed by atoms with Crippen molar-refractivity contribution in [3.63, 3.8) is 0 Å². The number of piperazine rings is 1. The molecule has 1 aliphatic heterocycles. The van der Waals surface area contributed by atoms with Gasteiger partial charge in [0.25, 0.3) is 0 Å². The standard InChI is InChI=1S/C13H19N3O3S/c1-13(2)11(19)15(3)6-7-16(13)12-14-9(8-20-12)4-5-10(17)18/h8H,4-7H2,1-3H3,(H,17,18). The Morgan fingerprint density at radius 3 is 2.85 bits per heavy atom. The molecule has 0 radical (unpaired) electrons. The van der Waals surface area contributed by atoms with Crippen molar-refractivity contribution < 1.29 is 14.7 Å². The fraction of sp³-hybridized carbons (Fsp3) is 0.615. The molecule has 1 aliphatic rings. The number of amides is 1. The van der Waals surface area contributed by atoms with Gasteiger partial charge in [-0.15, -0.1) is 11.3 Å². The Morgan fingerprint density at radius 2 is 2.20 bits per heavy atom. The first-order chi connectivity index (χ1) is 9.32. The van der Waals surface area contributed by atoms with E-state index >= 15 is 0 Å². The van der Waals surface area contributed by atoms with Crippen LogP contribution in [0.1, 0.15) is 26.0 Å². The zero-order valence-corrected chi connectivity index (χ0v) is 12.7. The summed E-state index contributed by atoms with van der Waals surface area (Å²) in [6.07, 6.45) is 0.502. The number of aryl methyl sites for hydroxylation is 1. The summed E-state index contributed by atoms with van der Waals surface area (Å²) >= 11 is 1.46. The molecule has 0 spiro atoms. The molecule has 110 valence electrons. The number of likely N-dealkylation sites (N-methyl/N-ethyl adjacent to an activating group) is 1. The fourth-order valence-corrected chi connectivity index (χ4v) is 3.35. The Kier molecular flexibility index (Phi) is 3.99. The van der Waals surface area contributed by atoms with Crippen LogP contribution in [0.25, 0.3) is 0 Å². The first kappa shape index (κ1) is 14.8. The molecule has 0 aliphatic carbocycles. The minimum absolute atomic E-state index is 0.0750. The summed E-state index contributed by atoms with van der Waals surface area (Å²) in [5.41, 5.74) is 0.157. The lowest BCUT2D eigenvalue weighted by Crippen LogP contribution is -2.62. The average Bonchev–Trinajstić information content (AvgIpc) is 2.82. The van der Waals surface area contributed by atoms with Crippen LogP contribution >= 0.6 is 11.3 Å². The van der Waals surface area contributed by atoms with Crippen molar-refractivity contribution in [2.45, 2.75) is 32.2 Å². The van der Waals surface area contributed by atoms with Gasteiger partial charge in [0.05, 0.1) is 12.1 Å². The Labute approximate surface area is 122 Å². The van der Waals surface area contributed by atoms with Crippen molar-refractivity contribution in [2.24, 2.45) is 0 Å². The molecule has 2 heterocycles. The molecule has 1 fully saturated rings. The van der Waals surface area contributed by atoms with Crippen LogP contribution in [-0.4, -0.2) is 52.5 Å². The molecule has 7 heteroatoms. The van der Waals surface area contributed by atoms with Crippen LogP contribution in [0.4, 0.5) is 5.13 Å². The second-order valence-electron chi connectivity index (χ2n) is 5.45. The first-order valence-corrected chi connectivity index (χ1v) is 7.39. The monoisotopic (exact) mass is 297 g/mol. The quantitative estimate of drug-likeness (QED) is 0.904. The van der Waals surface area contributed by atoms with Gasteiger partial charge < -0.3 is 14.9 Å². The largest absolute Gasteiger partial charge is 0.481 e. The number of carbonyl (C=O) groups excluding carboxylic acids is 1. The van der Waals surface area contributed by atoms with Crippen molar-refractivity contribution in [3.8, 4) is 0 Å². The zero-order chi connectivity index (χ0) is 14.9. The number of hydrogen-bond donors (Lipinski definition) is 1. The number of aliphatic carboxylic acids is 1. The van der Waals surface area contributed by atoms with Crippen LogP contribution in [0, 0.1) is 0 Å². The predicted molar refractivity (Wildman–Crippen MR) is 77.1 cm³/mol. The first-order valence-electron chi connectivity index (χ1n) is 6.52. The van der Waals surface area contributed by atoms with Crippen LogP contribution in [0.3, 0.4) is 0 Å². The predicted octanol–water partition coefficient (Wildman–Crippen LogP) is 1.22. The summed E-state index contributed by atoms with van der Waals surface area (Å²) in [6, 6.07) is 0. The van der Waals surface area contributed by atoms with E-state index in [9.17, 15) is 9.59 Å². The normalized spacial score (nSPS) is 18.4. The molecular weight excluding hydrogens is 278 g/mol. The van der Waals surface area contributed by atoms with Gasteiger partial charge in [-0.1, -0.05) is 0 Å². The molecule has 1 aromatic rings. The number of nitrogens with zero attached hydrogens (tertiary/aromatic N) is 3. The maximum atomic E-state index is 12.2. The topological polar surface area (TPSA) is 73.7 Å². The Balaban J connectivity index is 2.15. The molecule has 2 rings (SSSR count). The molecule has 0 unspecified atom stereocenters. The second kappa shape index (κ2) is 5.40. The van der Waals surface area contributed by atoms with E-state index in [0.29, 0.717) is 13.0 Å². The van der Waals surface area contributed by atoms with E-state index in [0.717, 1.165) is 17.4 Å². The van der Waals surface area contributed by atoms with Gasteiger partial charge in [0.2, 0.25) is 5.91 Å². The minimum Gasteiger partial charge on any atom is -0.481 e. The van der Waals surface area contributed by atoms with Gasteiger partial charge in [0, 0.05) is 31.9 Å². The van der Waals surface area contributed by atoms with Crippen LogP contribution in [-0.2, 0) is 16.0 Å². The number of carboxylic acid groups (broad SMARTS) is 1. The zero-order valence-electron chi connectivity index (χ0n) is 11.9. The highest BCUT2D eigenvalue weighted by molar-refractivity contribution is 7.13. The van der Waals surface area contributed by atoms with Crippen molar-refractivity contribution in [1.29, 1.82) is 0 Å². The van der Waals surface area contributed by atoms with Gasteiger partial charge in [0.15, 0.2) is 5.13 Å². The maximum Gasteiger partial charge on any atom is 0.303 e. The molecule has 6 nitrogen and oxygen atoms in total. The van der Waals surface area contributed by atoms with Gasteiger partial charge in [-0.2, -0.15) is 0 Å². The number of thiazole rings is 1. The second-order valence-corrected chi connectivity index (χ2v) is 6.29. The molecule has 0 bridgehead atoms. The van der Waals surface area contributed by atoms with Gasteiger partial charge in [-0.3, -0.25) is 9.59 Å². The Morgan fingerprint density at radius 1 is 1.50 bits per heavy atom. The highest BCUT2D eigenvalue weighted by Gasteiger charge is 2.41. The third-order valence-corrected chi connectivity index (χ3v) is 4.48. The number of aromatic nitrogens is 1. The molecule has 1 amide bonds. The molecule has 1 saturated heterocycles. The van der Waals surface area contributed by atoms with Crippen LogP contribution in [0.2, 0.25) is 0 Å². The number of rotatable bonds is 4. The molecule has 20 heavy (non-hydrogen) atoms. The van der Waals surface area contributed by atoms with Gasteiger partial charge in [0.1, 0.15) is 5.54 Å². The fourth-order valence-electron chi connectivity index (χ4n) is 2.32. The summed E-state index contributed by atoms with van der Waals surface area (Å²) < 4.78 is 0. The van der Waals surface area contributed by atoms with E-state index in [1.54, 1.807) is 4.90 Å². The number of carboxylic acids is 1. The lowest BCUT2D eigenvalue weighted by atomic mass is 9.99. The van der Waals surface area contributed by atoms with Crippen molar-refractivity contribution in [1.82, 2.24) is 9.88 Å². The highest BCUT2D eigenvalue weighted by Crippen LogP contribution is 2.31. The number of carbonyl (C=O) groups is 2. The van der Waals surface area contributed by atoms with Crippen molar-refractivity contribution in [2.75, 3.05) is 25.0 Å². The molecular formula is C13H19N3O3S. The summed E-state index contributed by atoms with van der Waals surface area (Å²) in [5, 5.41) is 11.4. The summed E-state index contributed by atoms with van der Waals surface area (Å²) in [6.45, 7) is 5.19. The van der Waals surface area contributed by atoms with E-state index in [2.05, 4.69) is 4.98 Å². The molecule has 1 N–H and O–H groups in total. The summed E-state index contributed by atoms with van der Waals surface area (Å²) in [5.74, 6) is -0.749. The lowest BCUT2D eigenvalue weighted by Gasteiger charge is -2.44. The molecule has 0 aromatic carbocycles. The van der Waals surface area contributed by atoms with E-state index in [4.69, 9.17) is 5.11 Å². The SMILES string of the molecule is CN1CCN(c2nc(CCC(=O)O)cs2)C(C)(C)C1=O. The van der Waals surface area contributed by atoms with Gasteiger partial charge >= 0.3 is 5.97 Å². The van der Waals surface area contributed by atoms with Crippen LogP contribution in [0.5, 0.6) is 0 Å². The van der Waals surface area contributed by atoms with E-state index in [-0.39, 0.29) is 12.3 Å². The highest BCUT2D eigenvalue weighted by atomic mass is 32.1. The maximum absolute atomic E-state index is 12.2. The van der Waals surface area contributed by atoms with E-state index in [1.165, 1.54) is 11.3 Å². The van der Waals surface area contributed by atoms with Crippen LogP contribution < -0.4 is 4.90 Å². The Hall–Kier alpha value is -1.63. The molecule has 0 saturated carbocycles. The van der Waals surface area contributed by atoms with Crippen molar-refractivity contribution in [3.05, 3.63) is 11.1 Å². The van der Waals surface area contributed by atoms with Gasteiger partial charge in [-0.25, -0.2) is 4.98 Å². The third-order valence-electron chi connectivity index (χ3n) is 3.57. The number of anilines is 1.